The van der Waals surface area contributed by atoms with Gasteiger partial charge in [-0.3, -0.25) is 4.74 Å². The van der Waals surface area contributed by atoms with E-state index in [9.17, 15) is 13.2 Å². The maximum atomic E-state index is 12.0. The van der Waals surface area contributed by atoms with Crippen molar-refractivity contribution in [2.75, 3.05) is 0 Å². The summed E-state index contributed by atoms with van der Waals surface area (Å²) in [4.78, 5) is 0. The second-order valence-corrected chi connectivity index (χ2v) is 4.16. The van der Waals surface area contributed by atoms with Gasteiger partial charge in [0.15, 0.2) is 0 Å². The minimum atomic E-state index is -4.54. The van der Waals surface area contributed by atoms with Crippen molar-refractivity contribution >= 4 is 7.85 Å². The summed E-state index contributed by atoms with van der Waals surface area (Å²) in [5.41, 5.74) is 1.40. The Bertz CT molecular complexity index is 292. The first kappa shape index (κ1) is 13.4. The van der Waals surface area contributed by atoms with Crippen molar-refractivity contribution in [1.82, 2.24) is 0 Å². The zero-order valence-corrected chi connectivity index (χ0v) is 9.18. The van der Waals surface area contributed by atoms with E-state index in [2.05, 4.69) is 11.3 Å². The van der Waals surface area contributed by atoms with Crippen LogP contribution in [0.25, 0.3) is 0 Å². The smallest absolute Gasteiger partial charge is 0.289 e. The molecule has 2 unspecified atom stereocenters. The molecule has 0 bridgehead atoms. The lowest BCUT2D eigenvalue weighted by Crippen LogP contribution is -2.21. The summed E-state index contributed by atoms with van der Waals surface area (Å²) in [7, 11) is 5.49. The second kappa shape index (κ2) is 5.08. The Labute approximate surface area is 94.8 Å². The largest absolute Gasteiger partial charge is 0.522 e. The van der Waals surface area contributed by atoms with E-state index in [0.29, 0.717) is 24.7 Å². The Morgan fingerprint density at radius 2 is 2.06 bits per heavy atom. The quantitative estimate of drug-likeness (QED) is 0.533. The highest BCUT2D eigenvalue weighted by Crippen LogP contribution is 2.36. The molecule has 0 aromatic rings. The van der Waals surface area contributed by atoms with Gasteiger partial charge in [0.05, 0.1) is 6.10 Å². The van der Waals surface area contributed by atoms with Gasteiger partial charge in [-0.25, -0.2) is 0 Å². The van der Waals surface area contributed by atoms with E-state index in [0.717, 1.165) is 5.57 Å². The summed E-state index contributed by atoms with van der Waals surface area (Å²) in [6.45, 7) is 5.54. The summed E-state index contributed by atoms with van der Waals surface area (Å²) in [5, 5.41) is 0. The van der Waals surface area contributed by atoms with Crippen LogP contribution in [0.4, 0.5) is 13.2 Å². The molecule has 0 N–H and O–H groups in total. The predicted octanol–water partition coefficient (Wildman–Crippen LogP) is 3.32. The Morgan fingerprint density at radius 3 is 2.56 bits per heavy atom. The number of ether oxygens (including phenoxy) is 1. The van der Waals surface area contributed by atoms with Crippen molar-refractivity contribution in [1.29, 1.82) is 0 Å². The molecule has 0 heterocycles. The highest BCUT2D eigenvalue weighted by molar-refractivity contribution is 6.21. The van der Waals surface area contributed by atoms with E-state index in [4.69, 9.17) is 7.85 Å². The molecule has 0 amide bonds. The molecule has 0 saturated heterocycles. The molecule has 0 aliphatic heterocycles. The van der Waals surface area contributed by atoms with Gasteiger partial charge >= 0.3 is 6.36 Å². The molecular formula is C11H14BF3O. The fourth-order valence-electron chi connectivity index (χ4n) is 1.98. The van der Waals surface area contributed by atoms with Crippen LogP contribution in [0.5, 0.6) is 0 Å². The minimum Gasteiger partial charge on any atom is -0.289 e. The van der Waals surface area contributed by atoms with Crippen LogP contribution in [-0.4, -0.2) is 20.3 Å². The lowest BCUT2D eigenvalue weighted by atomic mass is 9.90. The summed E-state index contributed by atoms with van der Waals surface area (Å²) in [6, 6.07) is 0. The van der Waals surface area contributed by atoms with Crippen LogP contribution in [-0.2, 0) is 4.74 Å². The topological polar surface area (TPSA) is 9.23 Å². The third-order valence-corrected chi connectivity index (χ3v) is 2.62. The number of halogens is 3. The lowest BCUT2D eigenvalue weighted by Gasteiger charge is -2.14. The molecule has 2 radical (unpaired) electrons. The van der Waals surface area contributed by atoms with E-state index >= 15 is 0 Å². The molecule has 1 saturated carbocycles. The summed E-state index contributed by atoms with van der Waals surface area (Å²) >= 11 is 0. The van der Waals surface area contributed by atoms with Gasteiger partial charge in [-0.15, -0.1) is 18.6 Å². The summed E-state index contributed by atoms with van der Waals surface area (Å²) in [6.07, 6.45) is -2.12. The first-order valence-corrected chi connectivity index (χ1v) is 5.15. The Hall–Kier alpha value is -0.705. The first-order chi connectivity index (χ1) is 7.28. The van der Waals surface area contributed by atoms with Gasteiger partial charge in [0, 0.05) is 0 Å². The molecular weight excluding hydrogens is 216 g/mol. The maximum Gasteiger partial charge on any atom is 0.522 e. The third kappa shape index (κ3) is 4.43. The number of rotatable bonds is 3. The van der Waals surface area contributed by atoms with Crippen LogP contribution in [0.2, 0.25) is 0 Å². The molecule has 88 valence electrons. The van der Waals surface area contributed by atoms with Gasteiger partial charge in [0.25, 0.3) is 0 Å². The molecule has 1 aliphatic rings. The third-order valence-electron chi connectivity index (χ3n) is 2.62. The highest BCUT2D eigenvalue weighted by atomic mass is 19.4. The highest BCUT2D eigenvalue weighted by Gasteiger charge is 2.37. The van der Waals surface area contributed by atoms with Crippen molar-refractivity contribution in [2.24, 2.45) is 5.92 Å². The monoisotopic (exact) mass is 230 g/mol. The number of alkyl halides is 3. The Morgan fingerprint density at radius 1 is 1.44 bits per heavy atom. The number of hydrogen-bond donors (Lipinski definition) is 0. The summed E-state index contributed by atoms with van der Waals surface area (Å²) in [5.74, 6) is 0.0471. The molecule has 1 fully saturated rings. The van der Waals surface area contributed by atoms with Crippen molar-refractivity contribution in [3.05, 3.63) is 23.7 Å². The van der Waals surface area contributed by atoms with Crippen molar-refractivity contribution < 1.29 is 17.9 Å². The van der Waals surface area contributed by atoms with Gasteiger partial charge in [-0.2, -0.15) is 0 Å². The van der Waals surface area contributed by atoms with Crippen LogP contribution in [0.15, 0.2) is 23.7 Å². The van der Waals surface area contributed by atoms with Crippen LogP contribution < -0.4 is 0 Å². The maximum absolute atomic E-state index is 12.0. The van der Waals surface area contributed by atoms with Crippen LogP contribution in [0.3, 0.4) is 0 Å². The van der Waals surface area contributed by atoms with Gasteiger partial charge in [0.2, 0.25) is 0 Å². The Balaban J connectivity index is 2.47. The van der Waals surface area contributed by atoms with Crippen LogP contribution >= 0.6 is 0 Å². The minimum absolute atomic E-state index is 0.0471. The number of allylic oxidation sites excluding steroid dienone is 3. The van der Waals surface area contributed by atoms with Crippen molar-refractivity contribution in [3.63, 3.8) is 0 Å². The van der Waals surface area contributed by atoms with E-state index < -0.39 is 12.5 Å². The fraction of sp³-hybridized carbons (Fsp3) is 0.636. The average Bonchev–Trinajstić information content (AvgIpc) is 2.48. The molecule has 2 atom stereocenters. The molecule has 1 aliphatic carbocycles. The Kier molecular flexibility index (Phi) is 4.24. The second-order valence-electron chi connectivity index (χ2n) is 4.16. The first-order valence-electron chi connectivity index (χ1n) is 5.15. The average molecular weight is 230 g/mol. The SMILES string of the molecule is [B]/C(C)=C/C(=C)C1CCC(OC(F)(F)F)C1. The molecule has 0 spiro atoms. The van der Waals surface area contributed by atoms with E-state index in [1.165, 1.54) is 0 Å². The lowest BCUT2D eigenvalue weighted by molar-refractivity contribution is -0.341. The van der Waals surface area contributed by atoms with Crippen molar-refractivity contribution in [3.8, 4) is 0 Å². The van der Waals surface area contributed by atoms with Gasteiger partial charge in [-0.05, 0) is 25.2 Å². The van der Waals surface area contributed by atoms with Crippen LogP contribution in [0.1, 0.15) is 26.2 Å². The molecule has 16 heavy (non-hydrogen) atoms. The van der Waals surface area contributed by atoms with Gasteiger partial charge in [0.1, 0.15) is 7.85 Å². The van der Waals surface area contributed by atoms with E-state index in [1.807, 2.05) is 0 Å². The van der Waals surface area contributed by atoms with Crippen LogP contribution in [0, 0.1) is 5.92 Å². The van der Waals surface area contributed by atoms with Crippen molar-refractivity contribution in [2.45, 2.75) is 38.7 Å². The summed E-state index contributed by atoms with van der Waals surface area (Å²) < 4.78 is 39.9. The number of hydrogen-bond acceptors (Lipinski definition) is 1. The normalized spacial score (nSPS) is 27.1. The molecule has 5 heteroatoms. The molecule has 1 rings (SSSR count). The van der Waals surface area contributed by atoms with Gasteiger partial charge < -0.3 is 0 Å². The molecule has 0 aromatic heterocycles. The van der Waals surface area contributed by atoms with E-state index in [1.54, 1.807) is 13.0 Å². The fourth-order valence-corrected chi connectivity index (χ4v) is 1.98. The van der Waals surface area contributed by atoms with E-state index in [-0.39, 0.29) is 5.92 Å². The zero-order valence-electron chi connectivity index (χ0n) is 9.18. The zero-order chi connectivity index (χ0) is 12.3. The van der Waals surface area contributed by atoms with Gasteiger partial charge in [-0.1, -0.05) is 25.2 Å². The molecule has 1 nitrogen and oxygen atoms in total. The molecule has 0 aromatic carbocycles. The standard InChI is InChI=1S/C11H14BF3O/c1-7(5-8(2)12)9-3-4-10(6-9)16-11(13,14)15/h5,9-10H,1,3-4,6H2,2H3/b8-5+. The predicted molar refractivity (Wildman–Crippen MR) is 56.9 cm³/mol.